The zero-order chi connectivity index (χ0) is 86.4. The molecular formula is C85H119N9O19S5. The van der Waals surface area contributed by atoms with E-state index in [9.17, 15) is 64.5 Å². The summed E-state index contributed by atoms with van der Waals surface area (Å²) in [4.78, 5) is 140. The van der Waals surface area contributed by atoms with Crippen LogP contribution in [0.5, 0.6) is 17.2 Å². The number of hydrogen-bond acceptors (Lipinski definition) is 24. The molecule has 3 aromatic carbocycles. The molecule has 5 aliphatic heterocycles. The summed E-state index contributed by atoms with van der Waals surface area (Å²) in [7, 11) is -0.810. The molecule has 6 heterocycles. The summed E-state index contributed by atoms with van der Waals surface area (Å²) in [6.45, 7) is 21.2. The number of hydrogen-bond donors (Lipinski definition) is 3. The largest absolute Gasteiger partial charge is 0.493 e. The molecule has 28 nitrogen and oxygen atoms in total. The molecule has 0 saturated carbocycles. The Balaban J connectivity index is 0.839. The van der Waals surface area contributed by atoms with Gasteiger partial charge in [-0.3, -0.25) is 56.8 Å². The van der Waals surface area contributed by atoms with Crippen LogP contribution in [0.25, 0.3) is 0 Å². The van der Waals surface area contributed by atoms with E-state index in [1.54, 1.807) is 71.2 Å². The summed E-state index contributed by atoms with van der Waals surface area (Å²) in [5, 5.41) is 13.1. The Morgan fingerprint density at radius 3 is 2.06 bits per heavy atom. The molecule has 33 heteroatoms. The molecule has 0 spiro atoms. The number of nitrogens with zero attached hydrogens (tertiary/aromatic N) is 7. The Morgan fingerprint density at radius 1 is 0.797 bits per heavy atom. The normalized spacial score (nSPS) is 21.3. The number of thiazole rings is 1. The highest BCUT2D eigenvalue weighted by atomic mass is 32.2. The van der Waals surface area contributed by atoms with Crippen molar-refractivity contribution in [2.24, 2.45) is 41.4 Å². The maximum absolute atomic E-state index is 14.9. The van der Waals surface area contributed by atoms with E-state index < -0.39 is 114 Å². The van der Waals surface area contributed by atoms with Crippen LogP contribution in [0.4, 0.5) is 5.69 Å². The maximum Gasteiger partial charge on any atom is 0.303 e. The third-order valence-corrected chi connectivity index (χ3v) is 28.9. The average molecular weight is 1730 g/mol. The standard InChI is InChI=1S/C85H119N9O19S5/c1-17-54(6)63(43-76(97)85(10,11)89(12)13)82(101)90(14)68(51(2)3)45-75(113-57(9)95)80-87-67(48-116-80)79(100)86-62(38-58-23-21-52(4)22-24-58)36-55(7)71(96)26-30-94-78(99)28-34-115-50-114-33-27-77(98)93(94)29-25-59-39-70-81(118(107,108)110-16)88-66-44-72(56(8)37-65(66)84(103)92(70)47-59)111-31-19-18-20-32-112-74-41-60-40-61(49-117(104,105)106)69-35-53(5)46-91(69)83(102)64(60)42-73(74)109-15/h21-24,27-28,33-34,37,41-42,44,48,51,53-55,59,61-63,68-70,75,81,88H,17-20,25-26,29-32,35-36,38-40,43,45-47,49-50H2,1-16H3,(H,86,100)(H,104,105,106)/b33-27+,34-28+/t53?,54-,55?,59?,61?,62+,63-,68+,69-,70-,75+,81?/m0/s1. The molecule has 2 fully saturated rings. The number of ether oxygens (including phenoxy) is 4. The van der Waals surface area contributed by atoms with Gasteiger partial charge in [-0.05, 0) is 175 Å². The van der Waals surface area contributed by atoms with Crippen molar-refractivity contribution in [2.45, 2.75) is 201 Å². The van der Waals surface area contributed by atoms with Gasteiger partial charge in [-0.15, -0.1) is 34.9 Å². The van der Waals surface area contributed by atoms with Crippen molar-refractivity contribution in [1.29, 1.82) is 0 Å². The van der Waals surface area contributed by atoms with Crippen molar-refractivity contribution in [3.05, 3.63) is 121 Å². The second-order valence-electron chi connectivity index (χ2n) is 33.2. The van der Waals surface area contributed by atoms with E-state index in [1.807, 2.05) is 98.7 Å². The minimum atomic E-state index is -4.40. The molecule has 4 aromatic rings. The van der Waals surface area contributed by atoms with E-state index in [-0.39, 0.29) is 142 Å². The minimum absolute atomic E-state index is 0.0511. The Bertz CT molecular complexity index is 4570. The lowest BCUT2D eigenvalue weighted by Gasteiger charge is -2.38. The molecule has 0 radical (unpaired) electrons. The second-order valence-corrected chi connectivity index (χ2v) is 39.6. The van der Waals surface area contributed by atoms with Gasteiger partial charge in [0, 0.05) is 124 Å². The predicted molar refractivity (Wildman–Crippen MR) is 456 cm³/mol. The molecule has 6 amide bonds. The first kappa shape index (κ1) is 93.9. The number of hydrazine groups is 1. The fourth-order valence-electron chi connectivity index (χ4n) is 16.3. The quantitative estimate of drug-likeness (QED) is 0.0162. The van der Waals surface area contributed by atoms with Gasteiger partial charge >= 0.3 is 5.97 Å². The minimum Gasteiger partial charge on any atom is -0.493 e. The van der Waals surface area contributed by atoms with Crippen LogP contribution < -0.4 is 24.8 Å². The van der Waals surface area contributed by atoms with Crippen LogP contribution in [-0.4, -0.2) is 230 Å². The molecule has 1 aromatic heterocycles. The number of aryl methyl sites for hydroxylation is 2. The molecular weight excluding hydrogens is 1610 g/mol. The number of carbonyl (C=O) groups excluding carboxylic acids is 9. The smallest absolute Gasteiger partial charge is 0.303 e. The van der Waals surface area contributed by atoms with Crippen LogP contribution in [0.1, 0.15) is 198 Å². The zero-order valence-electron chi connectivity index (χ0n) is 70.8. The molecule has 2 saturated heterocycles. The van der Waals surface area contributed by atoms with Gasteiger partial charge in [0.15, 0.2) is 28.8 Å². The van der Waals surface area contributed by atoms with Gasteiger partial charge in [-0.1, -0.05) is 77.8 Å². The number of rotatable bonds is 39. The number of anilines is 1. The number of fused-ring (bicyclic) bond motifs is 4. The molecule has 0 aliphatic carbocycles. The molecule has 5 unspecified atom stereocenters. The number of amides is 6. The Kier molecular flexibility index (Phi) is 33.1. The van der Waals surface area contributed by atoms with Gasteiger partial charge in [0.25, 0.3) is 49.8 Å². The van der Waals surface area contributed by atoms with Crippen LogP contribution in [0.3, 0.4) is 0 Å². The van der Waals surface area contributed by atoms with Crippen molar-refractivity contribution >= 4 is 114 Å². The number of likely N-dealkylation sites (N-methyl/N-ethyl adjacent to an activating group) is 1. The number of aromatic nitrogens is 1. The number of benzene rings is 3. The van der Waals surface area contributed by atoms with Crippen LogP contribution in [0, 0.1) is 55.3 Å². The lowest BCUT2D eigenvalue weighted by molar-refractivity contribution is -0.158. The van der Waals surface area contributed by atoms with Crippen LogP contribution in [0.15, 0.2) is 76.9 Å². The SMILES string of the molecule is CC[C@H](C)[C@H](CC(=O)C(C)(C)N(C)C)C(=O)N(C)[C@H](C[C@@H](OC(C)=O)c1nc(C(=O)N[C@@H](Cc2ccc(C)cc2)CC(C)C(=O)CCN2C(=O)/C=C/SCS/C=C/C(=O)N2CCC2C[C@H]3C(S(=O)(=O)OC)Nc4cc(OCCCCCOc5cc6c(cc5OC)C(=O)N5CC(C)C[C@H]5C(CS(=O)(=O)O)C6)c(C)cc4C(=O)N3C2)cs1)C(C)C. The van der Waals surface area contributed by atoms with Crippen molar-refractivity contribution in [1.82, 2.24) is 39.9 Å². The first-order valence-corrected chi connectivity index (χ1v) is 46.7. The van der Waals surface area contributed by atoms with Crippen LogP contribution in [-0.2, 0) is 70.8 Å². The van der Waals surface area contributed by atoms with Gasteiger partial charge in [-0.25, -0.2) is 15.0 Å². The Hall–Kier alpha value is -7.92. The highest BCUT2D eigenvalue weighted by Gasteiger charge is 2.50. The summed E-state index contributed by atoms with van der Waals surface area (Å²) in [5.41, 5.74) is 3.25. The maximum atomic E-state index is 14.9. The molecule has 5 aliphatic rings. The Labute approximate surface area is 708 Å². The van der Waals surface area contributed by atoms with E-state index in [2.05, 4.69) is 10.6 Å². The van der Waals surface area contributed by atoms with E-state index >= 15 is 0 Å². The number of ketones is 2. The summed E-state index contributed by atoms with van der Waals surface area (Å²) in [6, 6.07) is 12.1. The third kappa shape index (κ3) is 24.0. The number of nitrogens with one attached hydrogen (secondary N) is 2. The highest BCUT2D eigenvalue weighted by Crippen LogP contribution is 2.43. The van der Waals surface area contributed by atoms with Gasteiger partial charge in [-0.2, -0.15) is 16.8 Å². The van der Waals surface area contributed by atoms with E-state index in [1.165, 1.54) is 64.6 Å². The van der Waals surface area contributed by atoms with Crippen molar-refractivity contribution < 1.29 is 87.7 Å². The summed E-state index contributed by atoms with van der Waals surface area (Å²) in [6.07, 6.45) is 6.01. The second kappa shape index (κ2) is 41.6. The number of unbranched alkanes of at least 4 members (excludes halogenated alkanes) is 2. The number of methoxy groups -OCH3 is 1. The number of thioether (sulfide) groups is 2. The lowest BCUT2D eigenvalue weighted by Crippen LogP contribution is -2.50. The highest BCUT2D eigenvalue weighted by molar-refractivity contribution is 8.18. The van der Waals surface area contributed by atoms with Crippen LogP contribution in [0.2, 0.25) is 0 Å². The molecule has 3 N–H and O–H groups in total. The molecule has 648 valence electrons. The fourth-order valence-corrected chi connectivity index (χ4v) is 20.5. The average Bonchev–Trinajstić information content (AvgIpc) is 1.61. The summed E-state index contributed by atoms with van der Waals surface area (Å²) >= 11 is 3.85. The van der Waals surface area contributed by atoms with Gasteiger partial charge < -0.3 is 44.3 Å². The predicted octanol–water partition coefficient (Wildman–Crippen LogP) is 11.8. The number of Topliss-reactive ketones (excluding diaryl/α,β-unsaturated/α-hetero) is 2. The Morgan fingerprint density at radius 2 is 1.44 bits per heavy atom. The van der Waals surface area contributed by atoms with E-state index in [0.717, 1.165) is 29.6 Å². The van der Waals surface area contributed by atoms with Gasteiger partial charge in [0.1, 0.15) is 22.2 Å². The summed E-state index contributed by atoms with van der Waals surface area (Å²) < 4.78 is 91.6. The first-order chi connectivity index (χ1) is 55.7. The zero-order valence-corrected chi connectivity index (χ0v) is 74.9. The molecule has 118 heavy (non-hydrogen) atoms. The topological polar surface area (TPSA) is 345 Å². The summed E-state index contributed by atoms with van der Waals surface area (Å²) in [5.74, 6) is -4.95. The van der Waals surface area contributed by atoms with E-state index in [0.29, 0.717) is 89.1 Å². The fraction of sp³-hybridized carbons (Fsp3) is 0.600. The van der Waals surface area contributed by atoms with Crippen LogP contribution >= 0.6 is 34.9 Å². The number of carbonyl (C=O) groups is 9. The lowest BCUT2D eigenvalue weighted by atomic mass is 9.81. The van der Waals surface area contributed by atoms with Crippen molar-refractivity contribution in [3.63, 3.8) is 0 Å². The molecule has 0 bridgehead atoms. The third-order valence-electron chi connectivity index (χ3n) is 23.9. The van der Waals surface area contributed by atoms with Gasteiger partial charge in [0.2, 0.25) is 5.91 Å². The first-order valence-electron chi connectivity index (χ1n) is 40.7. The molecule has 12 atom stereocenters. The van der Waals surface area contributed by atoms with Crippen molar-refractivity contribution in [3.8, 4) is 17.2 Å². The van der Waals surface area contributed by atoms with Gasteiger partial charge in [0.05, 0.1) is 56.0 Å². The molecule has 9 rings (SSSR count). The monoisotopic (exact) mass is 1730 g/mol. The van der Waals surface area contributed by atoms with E-state index in [4.69, 9.17) is 28.1 Å². The number of esters is 1. The van der Waals surface area contributed by atoms with Crippen molar-refractivity contribution in [2.75, 3.05) is 90.9 Å².